The second-order valence-electron chi connectivity index (χ2n) is 4.38. The van der Waals surface area contributed by atoms with Gasteiger partial charge < -0.3 is 5.11 Å². The quantitative estimate of drug-likeness (QED) is 0.721. The van der Waals surface area contributed by atoms with Gasteiger partial charge in [-0.15, -0.1) is 0 Å². The zero-order valence-electron chi connectivity index (χ0n) is 10.6. The van der Waals surface area contributed by atoms with E-state index in [9.17, 15) is 5.11 Å². The summed E-state index contributed by atoms with van der Waals surface area (Å²) >= 11 is 0. The van der Waals surface area contributed by atoms with Crippen molar-refractivity contribution in [2.45, 2.75) is 51.9 Å². The van der Waals surface area contributed by atoms with E-state index < -0.39 is 0 Å². The molecule has 0 unspecified atom stereocenters. The highest BCUT2D eigenvalue weighted by molar-refractivity contribution is 5.39. The van der Waals surface area contributed by atoms with Crippen molar-refractivity contribution in [2.24, 2.45) is 0 Å². The molecule has 0 atom stereocenters. The van der Waals surface area contributed by atoms with Gasteiger partial charge in [0.05, 0.1) is 6.07 Å². The smallest absolute Gasteiger partial charge is 0.119 e. The van der Waals surface area contributed by atoms with Crippen molar-refractivity contribution in [3.05, 3.63) is 29.3 Å². The number of phenols is 1. The Morgan fingerprint density at radius 2 is 2.00 bits per heavy atom. The Morgan fingerprint density at radius 3 is 2.71 bits per heavy atom. The first kappa shape index (κ1) is 13.6. The number of aryl methyl sites for hydroxylation is 1. The molecule has 1 aromatic carbocycles. The summed E-state index contributed by atoms with van der Waals surface area (Å²) in [6.45, 7) is 2.13. The van der Waals surface area contributed by atoms with Gasteiger partial charge in [-0.25, -0.2) is 0 Å². The largest absolute Gasteiger partial charge is 0.508 e. The molecular weight excluding hydrogens is 210 g/mol. The van der Waals surface area contributed by atoms with Gasteiger partial charge in [0.25, 0.3) is 0 Å². The summed E-state index contributed by atoms with van der Waals surface area (Å²) in [5.74, 6) is 0.432. The Bertz CT molecular complexity index is 379. The van der Waals surface area contributed by atoms with Crippen LogP contribution in [0.15, 0.2) is 18.2 Å². The van der Waals surface area contributed by atoms with Crippen molar-refractivity contribution >= 4 is 0 Å². The van der Waals surface area contributed by atoms with E-state index in [2.05, 4.69) is 19.1 Å². The Hall–Kier alpha value is -1.49. The maximum Gasteiger partial charge on any atom is 0.119 e. The number of rotatable bonds is 7. The zero-order chi connectivity index (χ0) is 12.5. The van der Waals surface area contributed by atoms with E-state index in [4.69, 9.17) is 5.26 Å². The third kappa shape index (κ3) is 4.48. The van der Waals surface area contributed by atoms with Crippen LogP contribution in [0.5, 0.6) is 5.75 Å². The maximum absolute atomic E-state index is 9.82. The average Bonchev–Trinajstić information content (AvgIpc) is 2.33. The molecule has 0 radical (unpaired) electrons. The van der Waals surface area contributed by atoms with Crippen LogP contribution in [0.4, 0.5) is 0 Å². The molecule has 0 spiro atoms. The lowest BCUT2D eigenvalue weighted by molar-refractivity contribution is 0.466. The molecule has 0 saturated heterocycles. The van der Waals surface area contributed by atoms with E-state index >= 15 is 0 Å². The lowest BCUT2D eigenvalue weighted by Crippen LogP contribution is -1.95. The normalized spacial score (nSPS) is 10.1. The number of hydrogen-bond acceptors (Lipinski definition) is 2. The van der Waals surface area contributed by atoms with E-state index in [1.165, 1.54) is 5.56 Å². The van der Waals surface area contributed by atoms with Gasteiger partial charge in [0.2, 0.25) is 0 Å². The molecule has 0 saturated carbocycles. The zero-order valence-corrected chi connectivity index (χ0v) is 10.6. The molecule has 0 aliphatic rings. The summed E-state index contributed by atoms with van der Waals surface area (Å²) in [6.07, 6.45) is 6.84. The first-order valence-electron chi connectivity index (χ1n) is 6.46. The van der Waals surface area contributed by atoms with Crippen molar-refractivity contribution in [3.63, 3.8) is 0 Å². The standard InChI is InChI=1S/C15H21NO/c1-2-8-14-13(10-7-11-15(14)17)9-5-3-4-6-12-16/h7,10-11,17H,2-6,8-9H2,1H3. The summed E-state index contributed by atoms with van der Waals surface area (Å²) in [5.41, 5.74) is 2.37. The molecule has 0 heterocycles. The fraction of sp³-hybridized carbons (Fsp3) is 0.533. The number of hydrogen-bond donors (Lipinski definition) is 1. The van der Waals surface area contributed by atoms with Crippen LogP contribution < -0.4 is 0 Å². The molecule has 0 fully saturated rings. The van der Waals surface area contributed by atoms with Crippen molar-refractivity contribution < 1.29 is 5.11 Å². The minimum atomic E-state index is 0.432. The molecule has 1 rings (SSSR count). The highest BCUT2D eigenvalue weighted by Crippen LogP contribution is 2.24. The van der Waals surface area contributed by atoms with Crippen LogP contribution in [0.3, 0.4) is 0 Å². The number of unbranched alkanes of at least 4 members (excludes halogenated alkanes) is 3. The molecule has 2 heteroatoms. The lowest BCUT2D eigenvalue weighted by atomic mass is 9.97. The highest BCUT2D eigenvalue weighted by atomic mass is 16.3. The van der Waals surface area contributed by atoms with Crippen LogP contribution in [0, 0.1) is 11.3 Å². The number of nitriles is 1. The number of aromatic hydroxyl groups is 1. The summed E-state index contributed by atoms with van der Waals surface area (Å²) in [6, 6.07) is 7.96. The van der Waals surface area contributed by atoms with Crippen molar-refractivity contribution in [1.82, 2.24) is 0 Å². The topological polar surface area (TPSA) is 44.0 Å². The monoisotopic (exact) mass is 231 g/mol. The van der Waals surface area contributed by atoms with Crippen LogP contribution in [0.1, 0.15) is 50.2 Å². The molecule has 17 heavy (non-hydrogen) atoms. The van der Waals surface area contributed by atoms with Crippen molar-refractivity contribution in [3.8, 4) is 11.8 Å². The minimum Gasteiger partial charge on any atom is -0.508 e. The van der Waals surface area contributed by atoms with Gasteiger partial charge in [-0.05, 0) is 42.9 Å². The van der Waals surface area contributed by atoms with Gasteiger partial charge in [0.1, 0.15) is 5.75 Å². The van der Waals surface area contributed by atoms with Crippen LogP contribution in [0.2, 0.25) is 0 Å². The summed E-state index contributed by atoms with van der Waals surface area (Å²) in [4.78, 5) is 0. The maximum atomic E-state index is 9.82. The third-order valence-electron chi connectivity index (χ3n) is 2.98. The fourth-order valence-electron chi connectivity index (χ4n) is 2.09. The molecule has 1 N–H and O–H groups in total. The van der Waals surface area contributed by atoms with Crippen LogP contribution >= 0.6 is 0 Å². The molecule has 0 aromatic heterocycles. The second-order valence-corrected chi connectivity index (χ2v) is 4.38. The van der Waals surface area contributed by atoms with E-state index in [1.807, 2.05) is 6.07 Å². The predicted octanol–water partition coefficient (Wildman–Crippen LogP) is 3.97. The number of nitrogens with zero attached hydrogens (tertiary/aromatic N) is 1. The molecule has 0 aliphatic heterocycles. The minimum absolute atomic E-state index is 0.432. The van der Waals surface area contributed by atoms with Gasteiger partial charge >= 0.3 is 0 Å². The molecule has 0 aliphatic carbocycles. The second kappa shape index (κ2) is 7.73. The Labute approximate surface area is 104 Å². The fourth-order valence-corrected chi connectivity index (χ4v) is 2.09. The van der Waals surface area contributed by atoms with Crippen molar-refractivity contribution in [1.29, 1.82) is 5.26 Å². The van der Waals surface area contributed by atoms with Gasteiger partial charge in [0.15, 0.2) is 0 Å². The predicted molar refractivity (Wildman–Crippen MR) is 69.9 cm³/mol. The summed E-state index contributed by atoms with van der Waals surface area (Å²) < 4.78 is 0. The third-order valence-corrected chi connectivity index (χ3v) is 2.98. The van der Waals surface area contributed by atoms with Crippen LogP contribution in [-0.2, 0) is 12.8 Å². The van der Waals surface area contributed by atoms with Gasteiger partial charge in [0, 0.05) is 6.42 Å². The van der Waals surface area contributed by atoms with Crippen LogP contribution in [-0.4, -0.2) is 5.11 Å². The van der Waals surface area contributed by atoms with E-state index in [0.29, 0.717) is 12.2 Å². The molecule has 1 aromatic rings. The van der Waals surface area contributed by atoms with E-state index in [0.717, 1.165) is 44.1 Å². The molecule has 0 amide bonds. The lowest BCUT2D eigenvalue weighted by Gasteiger charge is -2.10. The highest BCUT2D eigenvalue weighted by Gasteiger charge is 2.06. The van der Waals surface area contributed by atoms with E-state index in [1.54, 1.807) is 6.07 Å². The Morgan fingerprint density at radius 1 is 1.18 bits per heavy atom. The summed E-state index contributed by atoms with van der Waals surface area (Å²) in [5, 5.41) is 18.3. The molecule has 0 bridgehead atoms. The average molecular weight is 231 g/mol. The first-order chi connectivity index (χ1) is 8.29. The summed E-state index contributed by atoms with van der Waals surface area (Å²) in [7, 11) is 0. The molecule has 2 nitrogen and oxygen atoms in total. The van der Waals surface area contributed by atoms with E-state index in [-0.39, 0.29) is 0 Å². The number of phenolic OH excluding ortho intramolecular Hbond substituents is 1. The Kier molecular flexibility index (Phi) is 6.17. The van der Waals surface area contributed by atoms with Gasteiger partial charge in [-0.3, -0.25) is 0 Å². The Balaban J connectivity index is 2.52. The van der Waals surface area contributed by atoms with Crippen LogP contribution in [0.25, 0.3) is 0 Å². The van der Waals surface area contributed by atoms with Gasteiger partial charge in [-0.2, -0.15) is 5.26 Å². The molecule has 92 valence electrons. The SMILES string of the molecule is CCCc1c(O)cccc1CCCCCC#N. The van der Waals surface area contributed by atoms with Gasteiger partial charge in [-0.1, -0.05) is 31.9 Å². The van der Waals surface area contributed by atoms with Crippen molar-refractivity contribution in [2.75, 3.05) is 0 Å². The molecular formula is C15H21NO. The number of benzene rings is 1. The first-order valence-corrected chi connectivity index (χ1v) is 6.46.